The van der Waals surface area contributed by atoms with Gasteiger partial charge in [0.15, 0.2) is 0 Å². The zero-order valence-corrected chi connectivity index (χ0v) is 13.8. The van der Waals surface area contributed by atoms with Crippen LogP contribution in [0.25, 0.3) is 11.0 Å². The lowest BCUT2D eigenvalue weighted by Crippen LogP contribution is -2.52. The van der Waals surface area contributed by atoms with Crippen molar-refractivity contribution in [3.8, 4) is 0 Å². The van der Waals surface area contributed by atoms with E-state index in [0.29, 0.717) is 6.04 Å². The molecular weight excluding hydrogens is 276 g/mol. The number of fused-ring (bicyclic) bond motifs is 1. The number of piperazine rings is 1. The van der Waals surface area contributed by atoms with Gasteiger partial charge in [0.1, 0.15) is 5.82 Å². The van der Waals surface area contributed by atoms with Gasteiger partial charge in [-0.2, -0.15) is 0 Å². The predicted molar refractivity (Wildman–Crippen MR) is 88.9 cm³/mol. The lowest BCUT2D eigenvalue weighted by molar-refractivity contribution is 0.0544. The Morgan fingerprint density at radius 3 is 2.82 bits per heavy atom. The van der Waals surface area contributed by atoms with Crippen LogP contribution in [0.1, 0.15) is 12.7 Å². The molecule has 2 heterocycles. The van der Waals surface area contributed by atoms with E-state index >= 15 is 0 Å². The smallest absolute Gasteiger partial charge is 0.123 e. The van der Waals surface area contributed by atoms with Gasteiger partial charge in [-0.1, -0.05) is 12.1 Å². The molecule has 0 N–H and O–H groups in total. The number of ether oxygens (including phenoxy) is 1. The van der Waals surface area contributed by atoms with E-state index in [-0.39, 0.29) is 0 Å². The van der Waals surface area contributed by atoms with Gasteiger partial charge < -0.3 is 9.30 Å². The van der Waals surface area contributed by atoms with Crippen molar-refractivity contribution in [3.63, 3.8) is 0 Å². The van der Waals surface area contributed by atoms with Gasteiger partial charge in [-0.25, -0.2) is 4.98 Å². The molecule has 0 amide bonds. The van der Waals surface area contributed by atoms with Crippen molar-refractivity contribution >= 4 is 11.0 Å². The Morgan fingerprint density at radius 2 is 2.09 bits per heavy atom. The van der Waals surface area contributed by atoms with Crippen LogP contribution in [0.15, 0.2) is 24.3 Å². The molecule has 5 heteroatoms. The summed E-state index contributed by atoms with van der Waals surface area (Å²) in [7, 11) is 3.88. The van der Waals surface area contributed by atoms with Crippen LogP contribution in [-0.4, -0.2) is 65.3 Å². The van der Waals surface area contributed by atoms with E-state index in [1.54, 1.807) is 7.11 Å². The molecule has 1 saturated heterocycles. The molecule has 0 radical (unpaired) electrons. The van der Waals surface area contributed by atoms with Gasteiger partial charge in [0, 0.05) is 46.4 Å². The Labute approximate surface area is 132 Å². The molecule has 1 aliphatic heterocycles. The molecule has 1 aliphatic rings. The average molecular weight is 302 g/mol. The first-order valence-corrected chi connectivity index (χ1v) is 8.04. The van der Waals surface area contributed by atoms with Gasteiger partial charge >= 0.3 is 0 Å². The van der Waals surface area contributed by atoms with Crippen molar-refractivity contribution in [2.24, 2.45) is 7.05 Å². The topological polar surface area (TPSA) is 33.5 Å². The average Bonchev–Trinajstić information content (AvgIpc) is 2.83. The zero-order chi connectivity index (χ0) is 15.5. The molecule has 1 aromatic heterocycles. The molecule has 22 heavy (non-hydrogen) atoms. The number of aromatic nitrogens is 2. The van der Waals surface area contributed by atoms with E-state index in [4.69, 9.17) is 9.72 Å². The highest BCUT2D eigenvalue weighted by atomic mass is 16.5. The van der Waals surface area contributed by atoms with Crippen molar-refractivity contribution in [2.75, 3.05) is 39.9 Å². The highest BCUT2D eigenvalue weighted by Crippen LogP contribution is 2.17. The summed E-state index contributed by atoms with van der Waals surface area (Å²) in [4.78, 5) is 9.81. The van der Waals surface area contributed by atoms with Gasteiger partial charge in [0.25, 0.3) is 0 Å². The summed E-state index contributed by atoms with van der Waals surface area (Å²) in [6, 6.07) is 8.92. The minimum absolute atomic E-state index is 0.568. The van der Waals surface area contributed by atoms with Gasteiger partial charge in [0.05, 0.1) is 24.2 Å². The zero-order valence-electron chi connectivity index (χ0n) is 13.8. The monoisotopic (exact) mass is 302 g/mol. The van der Waals surface area contributed by atoms with Crippen LogP contribution >= 0.6 is 0 Å². The SMILES string of the molecule is COCCN1CCN(Cc2nc3ccccc3n2C)C[C@H]1C. The van der Waals surface area contributed by atoms with Crippen LogP contribution in [0, 0.1) is 0 Å². The molecule has 1 aromatic carbocycles. The fourth-order valence-electron chi connectivity index (χ4n) is 3.29. The summed E-state index contributed by atoms with van der Waals surface area (Å²) < 4.78 is 7.42. The molecule has 0 aliphatic carbocycles. The minimum atomic E-state index is 0.568. The maximum Gasteiger partial charge on any atom is 0.123 e. The van der Waals surface area contributed by atoms with Crippen LogP contribution in [0.4, 0.5) is 0 Å². The fourth-order valence-corrected chi connectivity index (χ4v) is 3.29. The summed E-state index contributed by atoms with van der Waals surface area (Å²) in [6.45, 7) is 8.36. The molecule has 1 fully saturated rings. The molecule has 1 atom stereocenters. The molecule has 2 aromatic rings. The quantitative estimate of drug-likeness (QED) is 0.842. The normalized spacial score (nSPS) is 20.8. The number of rotatable bonds is 5. The summed E-state index contributed by atoms with van der Waals surface area (Å²) in [5.41, 5.74) is 2.30. The first-order valence-electron chi connectivity index (χ1n) is 8.04. The van der Waals surface area contributed by atoms with E-state index in [0.717, 1.165) is 50.7 Å². The molecule has 0 bridgehead atoms. The van der Waals surface area contributed by atoms with Crippen LogP contribution < -0.4 is 0 Å². The van der Waals surface area contributed by atoms with Crippen molar-refractivity contribution in [1.82, 2.24) is 19.4 Å². The summed E-state index contributed by atoms with van der Waals surface area (Å²) in [5, 5.41) is 0. The maximum absolute atomic E-state index is 5.20. The lowest BCUT2D eigenvalue weighted by atomic mass is 10.2. The van der Waals surface area contributed by atoms with Crippen LogP contribution in [0.5, 0.6) is 0 Å². The third kappa shape index (κ3) is 3.16. The number of benzene rings is 1. The Hall–Kier alpha value is -1.43. The molecule has 0 spiro atoms. The van der Waals surface area contributed by atoms with E-state index in [1.165, 1.54) is 5.52 Å². The summed E-state index contributed by atoms with van der Waals surface area (Å²) >= 11 is 0. The second kappa shape index (κ2) is 6.77. The summed E-state index contributed by atoms with van der Waals surface area (Å²) in [6.07, 6.45) is 0. The number of para-hydroxylation sites is 2. The van der Waals surface area contributed by atoms with Gasteiger partial charge in [-0.3, -0.25) is 9.80 Å². The minimum Gasteiger partial charge on any atom is -0.383 e. The van der Waals surface area contributed by atoms with E-state index in [9.17, 15) is 0 Å². The van der Waals surface area contributed by atoms with E-state index in [2.05, 4.69) is 52.6 Å². The van der Waals surface area contributed by atoms with Gasteiger partial charge in [-0.05, 0) is 19.1 Å². The number of imidazole rings is 1. The van der Waals surface area contributed by atoms with Crippen molar-refractivity contribution in [3.05, 3.63) is 30.1 Å². The van der Waals surface area contributed by atoms with Gasteiger partial charge in [0.2, 0.25) is 0 Å². The Morgan fingerprint density at radius 1 is 1.27 bits per heavy atom. The number of hydrogen-bond donors (Lipinski definition) is 0. The number of aryl methyl sites for hydroxylation is 1. The number of hydrogen-bond acceptors (Lipinski definition) is 4. The van der Waals surface area contributed by atoms with Crippen LogP contribution in [0.3, 0.4) is 0 Å². The molecule has 5 nitrogen and oxygen atoms in total. The van der Waals surface area contributed by atoms with Gasteiger partial charge in [-0.15, -0.1) is 0 Å². The first kappa shape index (κ1) is 15.5. The fraction of sp³-hybridized carbons (Fsp3) is 0.588. The van der Waals surface area contributed by atoms with Crippen molar-refractivity contribution in [2.45, 2.75) is 19.5 Å². The first-order chi connectivity index (χ1) is 10.7. The molecule has 120 valence electrons. The second-order valence-corrected chi connectivity index (χ2v) is 6.19. The highest BCUT2D eigenvalue weighted by Gasteiger charge is 2.24. The Balaban J connectivity index is 1.65. The Bertz CT molecular complexity index is 624. The lowest BCUT2D eigenvalue weighted by Gasteiger charge is -2.39. The van der Waals surface area contributed by atoms with Crippen molar-refractivity contribution < 1.29 is 4.74 Å². The standard InChI is InChI=1S/C17H26N4O/c1-14-12-20(8-9-21(14)10-11-22-3)13-17-18-15-6-4-5-7-16(15)19(17)2/h4-7,14H,8-13H2,1-3H3/t14-/m1/s1. The van der Waals surface area contributed by atoms with E-state index in [1.807, 2.05) is 0 Å². The largest absolute Gasteiger partial charge is 0.383 e. The third-order valence-electron chi connectivity index (χ3n) is 4.68. The predicted octanol–water partition coefficient (Wildman–Crippen LogP) is 1.73. The van der Waals surface area contributed by atoms with E-state index < -0.39 is 0 Å². The molecule has 0 saturated carbocycles. The maximum atomic E-state index is 5.20. The van der Waals surface area contributed by atoms with Crippen LogP contribution in [0.2, 0.25) is 0 Å². The molecule has 3 rings (SSSR count). The third-order valence-corrected chi connectivity index (χ3v) is 4.68. The molecule has 0 unspecified atom stereocenters. The molecular formula is C17H26N4O. The Kier molecular flexibility index (Phi) is 4.76. The number of methoxy groups -OCH3 is 1. The number of nitrogens with zero attached hydrogens (tertiary/aromatic N) is 4. The summed E-state index contributed by atoms with van der Waals surface area (Å²) in [5.74, 6) is 1.15. The highest BCUT2D eigenvalue weighted by molar-refractivity contribution is 5.75. The van der Waals surface area contributed by atoms with Crippen molar-refractivity contribution in [1.29, 1.82) is 0 Å². The van der Waals surface area contributed by atoms with Crippen LogP contribution in [-0.2, 0) is 18.3 Å². The second-order valence-electron chi connectivity index (χ2n) is 6.19.